The summed E-state index contributed by atoms with van der Waals surface area (Å²) in [5.74, 6) is 0.823. The minimum atomic E-state index is -0.0923. The second-order valence-electron chi connectivity index (χ2n) is 7.05. The molecule has 2 aromatic rings. The lowest BCUT2D eigenvalue weighted by Crippen LogP contribution is -2.48. The van der Waals surface area contributed by atoms with Crippen LogP contribution in [-0.4, -0.2) is 46.3 Å². The number of nitrogens with one attached hydrogen (secondary N) is 1. The summed E-state index contributed by atoms with van der Waals surface area (Å²) in [7, 11) is 0. The molecular formula is C19H25N5O. The largest absolute Gasteiger partial charge is 0.379 e. The summed E-state index contributed by atoms with van der Waals surface area (Å²) in [4.78, 5) is 15.5. The van der Waals surface area contributed by atoms with Gasteiger partial charge in [0.1, 0.15) is 0 Å². The van der Waals surface area contributed by atoms with Crippen molar-refractivity contribution in [1.82, 2.24) is 15.0 Å². The molecule has 0 bridgehead atoms. The van der Waals surface area contributed by atoms with Crippen LogP contribution in [0, 0.1) is 0 Å². The fourth-order valence-corrected chi connectivity index (χ4v) is 3.87. The van der Waals surface area contributed by atoms with Crippen molar-refractivity contribution in [3.8, 4) is 0 Å². The molecule has 0 radical (unpaired) electrons. The average Bonchev–Trinajstić information content (AvgIpc) is 3.04. The second kappa shape index (κ2) is 6.96. The van der Waals surface area contributed by atoms with Gasteiger partial charge in [0.05, 0.1) is 23.9 Å². The number of piperidine rings is 1. The molecule has 6 heteroatoms. The first-order valence-corrected chi connectivity index (χ1v) is 9.13. The van der Waals surface area contributed by atoms with Crippen LogP contribution in [0.25, 0.3) is 0 Å². The molecule has 4 heterocycles. The molecule has 0 amide bonds. The van der Waals surface area contributed by atoms with E-state index < -0.39 is 0 Å². The number of pyridine rings is 1. The van der Waals surface area contributed by atoms with Crippen molar-refractivity contribution in [2.24, 2.45) is 0 Å². The van der Waals surface area contributed by atoms with Crippen LogP contribution in [0.3, 0.4) is 0 Å². The van der Waals surface area contributed by atoms with Crippen molar-refractivity contribution in [2.75, 3.05) is 29.9 Å². The van der Waals surface area contributed by atoms with E-state index >= 15 is 0 Å². The quantitative estimate of drug-likeness (QED) is 0.924. The fourth-order valence-electron chi connectivity index (χ4n) is 3.87. The van der Waals surface area contributed by atoms with Crippen LogP contribution in [0.4, 0.5) is 11.6 Å². The Labute approximate surface area is 148 Å². The molecule has 0 aromatic carbocycles. The third-order valence-corrected chi connectivity index (χ3v) is 5.16. The van der Waals surface area contributed by atoms with Crippen LogP contribution in [0.15, 0.2) is 36.9 Å². The molecule has 4 rings (SSSR count). The van der Waals surface area contributed by atoms with Gasteiger partial charge in [-0.05, 0) is 37.0 Å². The zero-order valence-electron chi connectivity index (χ0n) is 14.7. The predicted octanol–water partition coefficient (Wildman–Crippen LogP) is 2.67. The lowest BCUT2D eigenvalue weighted by atomic mass is 9.89. The highest BCUT2D eigenvalue weighted by Crippen LogP contribution is 2.36. The fraction of sp³-hybridized carbons (Fsp3) is 0.526. The molecule has 2 saturated heterocycles. The van der Waals surface area contributed by atoms with Crippen molar-refractivity contribution in [1.29, 1.82) is 0 Å². The number of hydrogen-bond donors (Lipinski definition) is 1. The Kier molecular flexibility index (Phi) is 4.53. The van der Waals surface area contributed by atoms with E-state index in [1.165, 1.54) is 5.56 Å². The summed E-state index contributed by atoms with van der Waals surface area (Å²) in [5, 5.41) is 3.54. The van der Waals surface area contributed by atoms with E-state index in [2.05, 4.69) is 32.1 Å². The van der Waals surface area contributed by atoms with Gasteiger partial charge in [0, 0.05) is 44.3 Å². The smallest absolute Gasteiger partial charge is 0.225 e. The average molecular weight is 339 g/mol. The third kappa shape index (κ3) is 3.58. The summed E-state index contributed by atoms with van der Waals surface area (Å²) in [5.41, 5.74) is 2.14. The Morgan fingerprint density at radius 3 is 2.96 bits per heavy atom. The zero-order chi connectivity index (χ0) is 17.1. The summed E-state index contributed by atoms with van der Waals surface area (Å²) in [6.45, 7) is 4.72. The monoisotopic (exact) mass is 339 g/mol. The van der Waals surface area contributed by atoms with E-state index in [9.17, 15) is 0 Å². The van der Waals surface area contributed by atoms with E-state index in [0.29, 0.717) is 6.04 Å². The molecule has 0 saturated carbocycles. The number of ether oxygens (including phenoxy) is 1. The van der Waals surface area contributed by atoms with E-state index in [-0.39, 0.29) is 5.60 Å². The van der Waals surface area contributed by atoms with Crippen LogP contribution in [0.5, 0.6) is 0 Å². The minimum absolute atomic E-state index is 0.0923. The van der Waals surface area contributed by atoms with Crippen molar-refractivity contribution in [2.45, 2.75) is 44.2 Å². The Morgan fingerprint density at radius 1 is 1.32 bits per heavy atom. The molecular weight excluding hydrogens is 314 g/mol. The van der Waals surface area contributed by atoms with Gasteiger partial charge in [-0.3, -0.25) is 4.98 Å². The van der Waals surface area contributed by atoms with Gasteiger partial charge in [-0.2, -0.15) is 0 Å². The number of rotatable bonds is 4. The molecule has 0 unspecified atom stereocenters. The zero-order valence-corrected chi connectivity index (χ0v) is 14.7. The van der Waals surface area contributed by atoms with Crippen molar-refractivity contribution in [3.63, 3.8) is 0 Å². The molecule has 132 valence electrons. The first-order valence-electron chi connectivity index (χ1n) is 9.13. The summed E-state index contributed by atoms with van der Waals surface area (Å²) < 4.78 is 6.28. The lowest BCUT2D eigenvalue weighted by molar-refractivity contribution is -0.00668. The Morgan fingerprint density at radius 2 is 2.20 bits per heavy atom. The summed E-state index contributed by atoms with van der Waals surface area (Å²) >= 11 is 0. The van der Waals surface area contributed by atoms with Crippen molar-refractivity contribution in [3.05, 3.63) is 42.5 Å². The Balaban J connectivity index is 1.42. The Hall–Kier alpha value is -2.21. The van der Waals surface area contributed by atoms with Crippen molar-refractivity contribution >= 4 is 11.6 Å². The maximum absolute atomic E-state index is 6.28. The van der Waals surface area contributed by atoms with Crippen LogP contribution in [0.1, 0.15) is 31.7 Å². The number of nitrogens with zero attached hydrogens (tertiary/aromatic N) is 4. The van der Waals surface area contributed by atoms with Crippen LogP contribution < -0.4 is 10.2 Å². The van der Waals surface area contributed by atoms with Gasteiger partial charge in [-0.1, -0.05) is 6.92 Å². The van der Waals surface area contributed by atoms with Gasteiger partial charge < -0.3 is 15.0 Å². The molecule has 2 aliphatic rings. The van der Waals surface area contributed by atoms with E-state index in [0.717, 1.165) is 57.0 Å². The molecule has 6 nitrogen and oxygen atoms in total. The topological polar surface area (TPSA) is 63.2 Å². The van der Waals surface area contributed by atoms with Crippen LogP contribution in [0.2, 0.25) is 0 Å². The highest BCUT2D eigenvalue weighted by molar-refractivity contribution is 5.41. The van der Waals surface area contributed by atoms with Gasteiger partial charge in [0.25, 0.3) is 0 Å². The predicted molar refractivity (Wildman–Crippen MR) is 97.8 cm³/mol. The number of aromatic nitrogens is 3. The maximum Gasteiger partial charge on any atom is 0.225 e. The van der Waals surface area contributed by atoms with Crippen LogP contribution in [-0.2, 0) is 11.2 Å². The Bertz CT molecular complexity index is 693. The number of aryl methyl sites for hydroxylation is 1. The summed E-state index contributed by atoms with van der Waals surface area (Å²) in [6.07, 6.45) is 11.7. The van der Waals surface area contributed by atoms with Gasteiger partial charge in [0.2, 0.25) is 5.95 Å². The van der Waals surface area contributed by atoms with E-state index in [1.54, 1.807) is 6.20 Å². The lowest BCUT2D eigenvalue weighted by Gasteiger charge is -2.39. The third-order valence-electron chi connectivity index (χ3n) is 5.16. The SMILES string of the molecule is CCc1cnc(N2CCC[C@@]3(C[C@@H](Nc4cccnc4)CO3)C2)nc1. The molecule has 2 aliphatic heterocycles. The molecule has 1 N–H and O–H groups in total. The molecule has 25 heavy (non-hydrogen) atoms. The normalized spacial score (nSPS) is 26.1. The van der Waals surface area contributed by atoms with Crippen LogP contribution >= 0.6 is 0 Å². The highest BCUT2D eigenvalue weighted by atomic mass is 16.5. The minimum Gasteiger partial charge on any atom is -0.379 e. The van der Waals surface area contributed by atoms with Gasteiger partial charge in [0.15, 0.2) is 0 Å². The first-order chi connectivity index (χ1) is 12.3. The molecule has 2 aromatic heterocycles. The maximum atomic E-state index is 6.28. The summed E-state index contributed by atoms with van der Waals surface area (Å²) in [6, 6.07) is 4.33. The standard InChI is InChI=1S/C19H25N5O/c1-2-15-10-21-18(22-11-15)24-8-4-6-19(14-24)9-17(13-25-19)23-16-5-3-7-20-12-16/h3,5,7,10-12,17,23H,2,4,6,8-9,13-14H2,1H3/t17-,19-/m1/s1. The van der Waals surface area contributed by atoms with Gasteiger partial charge in [-0.25, -0.2) is 9.97 Å². The van der Waals surface area contributed by atoms with E-state index in [1.807, 2.05) is 30.7 Å². The van der Waals surface area contributed by atoms with Gasteiger partial charge >= 0.3 is 0 Å². The highest BCUT2D eigenvalue weighted by Gasteiger charge is 2.44. The van der Waals surface area contributed by atoms with Crippen molar-refractivity contribution < 1.29 is 4.74 Å². The first kappa shape index (κ1) is 16.3. The number of anilines is 2. The second-order valence-corrected chi connectivity index (χ2v) is 7.05. The van der Waals surface area contributed by atoms with Gasteiger partial charge in [-0.15, -0.1) is 0 Å². The van der Waals surface area contributed by atoms with E-state index in [4.69, 9.17) is 4.74 Å². The molecule has 0 aliphatic carbocycles. The number of hydrogen-bond acceptors (Lipinski definition) is 6. The molecule has 2 fully saturated rings. The molecule has 1 spiro atoms. The molecule has 2 atom stereocenters.